The fraction of sp³-hybridized carbons (Fsp3) is 0.538. The topological polar surface area (TPSA) is 44.0 Å². The average molecular weight is 264 g/mol. The Morgan fingerprint density at radius 1 is 1.22 bits per heavy atom. The zero-order valence-corrected chi connectivity index (χ0v) is 11.2. The van der Waals surface area contributed by atoms with Crippen LogP contribution in [-0.4, -0.2) is 9.13 Å². The molecule has 5 heteroatoms. The lowest BCUT2D eigenvalue weighted by Gasteiger charge is -2.23. The maximum Gasteiger partial charge on any atom is 0.331 e. The second kappa shape index (κ2) is 4.39. The maximum absolute atomic E-state index is 12.4. The van der Waals surface area contributed by atoms with E-state index in [0.717, 1.165) is 31.2 Å². The first-order chi connectivity index (χ1) is 8.70. The van der Waals surface area contributed by atoms with Crippen LogP contribution in [-0.2, 0) is 7.05 Å². The van der Waals surface area contributed by atoms with Gasteiger partial charge < -0.3 is 0 Å². The molecule has 1 aliphatic rings. The van der Waals surface area contributed by atoms with Crippen molar-refractivity contribution in [3.63, 3.8) is 0 Å². The Morgan fingerprint density at radius 2 is 1.94 bits per heavy atom. The Labute approximate surface area is 108 Å². The van der Waals surface area contributed by atoms with Crippen molar-refractivity contribution in [3.8, 4) is 0 Å². The number of nitrogens with zero attached hydrogens (tertiary/aromatic N) is 2. The van der Waals surface area contributed by atoms with Crippen LogP contribution < -0.4 is 11.2 Å². The van der Waals surface area contributed by atoms with Gasteiger partial charge in [0.2, 0.25) is 0 Å². The average Bonchev–Trinajstić information content (AvgIpc) is 2.87. The Balaban J connectivity index is 2.28. The van der Waals surface area contributed by atoms with Crippen LogP contribution >= 0.6 is 11.3 Å². The fourth-order valence-electron chi connectivity index (χ4n) is 2.85. The fourth-order valence-corrected chi connectivity index (χ4v) is 3.71. The van der Waals surface area contributed by atoms with Crippen LogP contribution in [0.3, 0.4) is 0 Å². The van der Waals surface area contributed by atoms with Gasteiger partial charge in [-0.1, -0.05) is 19.3 Å². The normalized spacial score (nSPS) is 17.4. The van der Waals surface area contributed by atoms with Crippen molar-refractivity contribution in [2.24, 2.45) is 7.05 Å². The molecular weight excluding hydrogens is 248 g/mol. The summed E-state index contributed by atoms with van der Waals surface area (Å²) in [5, 5.41) is 1.87. The highest BCUT2D eigenvalue weighted by molar-refractivity contribution is 7.17. The van der Waals surface area contributed by atoms with Crippen molar-refractivity contribution < 1.29 is 0 Å². The predicted octanol–water partition coefficient (Wildman–Crippen LogP) is 2.27. The van der Waals surface area contributed by atoms with Crippen molar-refractivity contribution in [1.82, 2.24) is 9.13 Å². The highest BCUT2D eigenvalue weighted by atomic mass is 32.1. The Morgan fingerprint density at radius 3 is 2.67 bits per heavy atom. The SMILES string of the molecule is Cn1c(=O)n(C2CCCCC2)c(=O)c2sccc21. The van der Waals surface area contributed by atoms with E-state index < -0.39 is 0 Å². The molecule has 2 aromatic heterocycles. The molecular formula is C13H16N2O2S. The van der Waals surface area contributed by atoms with Crippen LogP contribution in [0.15, 0.2) is 21.0 Å². The molecule has 96 valence electrons. The molecule has 0 amide bonds. The molecule has 0 N–H and O–H groups in total. The number of aromatic nitrogens is 2. The molecule has 0 saturated heterocycles. The summed E-state index contributed by atoms with van der Waals surface area (Å²) < 4.78 is 3.78. The Kier molecular flexibility index (Phi) is 2.86. The molecule has 1 fully saturated rings. The summed E-state index contributed by atoms with van der Waals surface area (Å²) in [7, 11) is 1.75. The second-order valence-electron chi connectivity index (χ2n) is 4.94. The van der Waals surface area contributed by atoms with E-state index in [-0.39, 0.29) is 17.3 Å². The zero-order valence-electron chi connectivity index (χ0n) is 10.4. The highest BCUT2D eigenvalue weighted by Crippen LogP contribution is 2.26. The third-order valence-electron chi connectivity index (χ3n) is 3.85. The molecule has 0 radical (unpaired) electrons. The predicted molar refractivity (Wildman–Crippen MR) is 73.4 cm³/mol. The molecule has 0 aliphatic heterocycles. The summed E-state index contributed by atoms with van der Waals surface area (Å²) in [4.78, 5) is 24.8. The first-order valence-corrected chi connectivity index (χ1v) is 7.27. The van der Waals surface area contributed by atoms with E-state index >= 15 is 0 Å². The molecule has 3 rings (SSSR count). The lowest BCUT2D eigenvalue weighted by molar-refractivity contribution is 0.334. The highest BCUT2D eigenvalue weighted by Gasteiger charge is 2.21. The van der Waals surface area contributed by atoms with Gasteiger partial charge in [-0.3, -0.25) is 13.9 Å². The van der Waals surface area contributed by atoms with Crippen LogP contribution in [0.2, 0.25) is 0 Å². The van der Waals surface area contributed by atoms with Gasteiger partial charge in [0.15, 0.2) is 0 Å². The van der Waals surface area contributed by atoms with E-state index in [0.29, 0.717) is 4.70 Å². The van der Waals surface area contributed by atoms with Crippen molar-refractivity contribution in [2.45, 2.75) is 38.1 Å². The molecule has 1 aliphatic carbocycles. The van der Waals surface area contributed by atoms with Crippen molar-refractivity contribution in [3.05, 3.63) is 32.3 Å². The van der Waals surface area contributed by atoms with Gasteiger partial charge in [0.25, 0.3) is 5.56 Å². The van der Waals surface area contributed by atoms with E-state index in [1.54, 1.807) is 11.6 Å². The number of hydrogen-bond donors (Lipinski definition) is 0. The van der Waals surface area contributed by atoms with E-state index in [2.05, 4.69) is 0 Å². The summed E-state index contributed by atoms with van der Waals surface area (Å²) in [5.41, 5.74) is 0.481. The van der Waals surface area contributed by atoms with Gasteiger partial charge in [-0.05, 0) is 24.3 Å². The van der Waals surface area contributed by atoms with Crippen LogP contribution in [0, 0.1) is 0 Å². The zero-order chi connectivity index (χ0) is 12.7. The summed E-state index contributed by atoms with van der Waals surface area (Å²) >= 11 is 1.42. The first-order valence-electron chi connectivity index (χ1n) is 6.39. The lowest BCUT2D eigenvalue weighted by atomic mass is 9.95. The molecule has 4 nitrogen and oxygen atoms in total. The second-order valence-corrected chi connectivity index (χ2v) is 5.86. The third kappa shape index (κ3) is 1.65. The number of thiophene rings is 1. The van der Waals surface area contributed by atoms with Gasteiger partial charge in [0.05, 0.1) is 5.52 Å². The van der Waals surface area contributed by atoms with E-state index in [1.165, 1.54) is 22.3 Å². The number of aryl methyl sites for hydroxylation is 1. The minimum absolute atomic E-state index is 0.0939. The minimum atomic E-state index is -0.169. The van der Waals surface area contributed by atoms with Crippen molar-refractivity contribution in [1.29, 1.82) is 0 Å². The summed E-state index contributed by atoms with van der Waals surface area (Å²) in [6, 6.07) is 1.94. The van der Waals surface area contributed by atoms with Crippen LogP contribution in [0.1, 0.15) is 38.1 Å². The maximum atomic E-state index is 12.4. The number of hydrogen-bond acceptors (Lipinski definition) is 3. The molecule has 0 atom stereocenters. The van der Waals surface area contributed by atoms with Crippen LogP contribution in [0.25, 0.3) is 10.2 Å². The smallest absolute Gasteiger partial charge is 0.295 e. The van der Waals surface area contributed by atoms with Gasteiger partial charge in [-0.15, -0.1) is 11.3 Å². The molecule has 2 heterocycles. The van der Waals surface area contributed by atoms with Crippen LogP contribution in [0.5, 0.6) is 0 Å². The summed E-state index contributed by atoms with van der Waals surface area (Å²) in [6.45, 7) is 0. The standard InChI is InChI=1S/C13H16N2O2S/c1-14-10-7-8-18-11(10)12(16)15(13(14)17)9-5-3-2-4-6-9/h7-9H,2-6H2,1H3. The molecule has 1 saturated carbocycles. The number of rotatable bonds is 1. The monoisotopic (exact) mass is 264 g/mol. The van der Waals surface area contributed by atoms with E-state index in [9.17, 15) is 9.59 Å². The molecule has 0 spiro atoms. The van der Waals surface area contributed by atoms with Crippen molar-refractivity contribution in [2.75, 3.05) is 0 Å². The van der Waals surface area contributed by atoms with Gasteiger partial charge in [-0.25, -0.2) is 4.79 Å². The molecule has 0 bridgehead atoms. The van der Waals surface area contributed by atoms with Gasteiger partial charge >= 0.3 is 5.69 Å². The van der Waals surface area contributed by atoms with E-state index in [1.807, 2.05) is 11.4 Å². The van der Waals surface area contributed by atoms with Gasteiger partial charge in [-0.2, -0.15) is 0 Å². The van der Waals surface area contributed by atoms with Crippen molar-refractivity contribution >= 4 is 21.6 Å². The third-order valence-corrected chi connectivity index (χ3v) is 4.74. The largest absolute Gasteiger partial charge is 0.331 e. The summed E-state index contributed by atoms with van der Waals surface area (Å²) in [5.74, 6) is 0. The minimum Gasteiger partial charge on any atom is -0.295 e. The first kappa shape index (κ1) is 11.7. The lowest BCUT2D eigenvalue weighted by Crippen LogP contribution is -2.41. The Bertz CT molecular complexity index is 689. The Hall–Kier alpha value is -1.36. The molecule has 2 aromatic rings. The molecule has 0 unspecified atom stereocenters. The molecule has 18 heavy (non-hydrogen) atoms. The van der Waals surface area contributed by atoms with Gasteiger partial charge in [0.1, 0.15) is 4.70 Å². The summed E-state index contributed by atoms with van der Waals surface area (Å²) in [6.07, 6.45) is 5.34. The number of fused-ring (bicyclic) bond motifs is 1. The quantitative estimate of drug-likeness (QED) is 0.793. The van der Waals surface area contributed by atoms with Gasteiger partial charge in [0, 0.05) is 13.1 Å². The van der Waals surface area contributed by atoms with Crippen LogP contribution in [0.4, 0.5) is 0 Å². The van der Waals surface area contributed by atoms with E-state index in [4.69, 9.17) is 0 Å². The molecule has 0 aromatic carbocycles.